The molecular formula is C28H37N5O4. The molecule has 9 nitrogen and oxygen atoms in total. The van der Waals surface area contributed by atoms with Crippen LogP contribution in [0.1, 0.15) is 58.2 Å². The van der Waals surface area contributed by atoms with Crippen molar-refractivity contribution in [1.82, 2.24) is 15.2 Å². The minimum atomic E-state index is -1.06. The largest absolute Gasteiger partial charge is 0.391 e. The van der Waals surface area contributed by atoms with E-state index in [1.54, 1.807) is 31.6 Å². The van der Waals surface area contributed by atoms with Crippen molar-refractivity contribution in [3.05, 3.63) is 59.9 Å². The number of amides is 2. The van der Waals surface area contributed by atoms with Gasteiger partial charge in [0.15, 0.2) is 6.19 Å². The molecule has 2 amide bonds. The minimum Gasteiger partial charge on any atom is -0.391 e. The van der Waals surface area contributed by atoms with Crippen molar-refractivity contribution in [2.45, 2.75) is 70.2 Å². The molecule has 1 aromatic carbocycles. The molecule has 1 aliphatic rings. The number of nitriles is 1. The number of aliphatic hydroxyl groups is 1. The van der Waals surface area contributed by atoms with E-state index >= 15 is 0 Å². The lowest BCUT2D eigenvalue weighted by Gasteiger charge is -2.35. The molecular weight excluding hydrogens is 470 g/mol. The molecule has 2 N–H and O–H groups in total. The molecule has 9 heteroatoms. The Labute approximate surface area is 219 Å². The Balaban J connectivity index is 2.12. The fraction of sp³-hybridized carbons (Fsp3) is 0.500. The molecule has 1 aliphatic heterocycles. The molecule has 1 fully saturated rings. The molecule has 198 valence electrons. The highest BCUT2D eigenvalue weighted by atomic mass is 16.5. The van der Waals surface area contributed by atoms with E-state index in [1.807, 2.05) is 44.3 Å². The average Bonchev–Trinajstić information content (AvgIpc) is 3.26. The summed E-state index contributed by atoms with van der Waals surface area (Å²) in [5.74, 6) is -0.856. The Morgan fingerprint density at radius 2 is 1.92 bits per heavy atom. The van der Waals surface area contributed by atoms with Gasteiger partial charge in [0.2, 0.25) is 5.91 Å². The van der Waals surface area contributed by atoms with Crippen LogP contribution >= 0.6 is 0 Å². The molecule has 2 heterocycles. The van der Waals surface area contributed by atoms with Gasteiger partial charge in [-0.2, -0.15) is 5.26 Å². The fourth-order valence-electron chi connectivity index (χ4n) is 4.27. The van der Waals surface area contributed by atoms with Crippen LogP contribution in [0.4, 0.5) is 5.69 Å². The lowest BCUT2D eigenvalue weighted by molar-refractivity contribution is -0.128. The predicted molar refractivity (Wildman–Crippen MR) is 140 cm³/mol. The van der Waals surface area contributed by atoms with Gasteiger partial charge in [-0.15, -0.1) is 0 Å². The number of hydrogen-bond acceptors (Lipinski definition) is 7. The summed E-state index contributed by atoms with van der Waals surface area (Å²) in [7, 11) is 1.57. The van der Waals surface area contributed by atoms with Crippen molar-refractivity contribution in [2.75, 3.05) is 25.1 Å². The van der Waals surface area contributed by atoms with E-state index in [4.69, 9.17) is 4.74 Å². The summed E-state index contributed by atoms with van der Waals surface area (Å²) >= 11 is 0. The zero-order chi connectivity index (χ0) is 27.4. The molecule has 3 rings (SSSR count). The number of nitrogens with one attached hydrogen (secondary N) is 1. The van der Waals surface area contributed by atoms with Gasteiger partial charge in [-0.3, -0.25) is 24.4 Å². The van der Waals surface area contributed by atoms with Crippen molar-refractivity contribution in [1.29, 1.82) is 5.26 Å². The highest BCUT2D eigenvalue weighted by molar-refractivity contribution is 6.04. The zero-order valence-electron chi connectivity index (χ0n) is 22.4. The minimum absolute atomic E-state index is 0.0650. The Hall–Kier alpha value is -3.48. The molecule has 37 heavy (non-hydrogen) atoms. The number of hydrogen-bond donors (Lipinski definition) is 2. The molecule has 3 atom stereocenters. The molecule has 0 bridgehead atoms. The molecule has 0 spiro atoms. The van der Waals surface area contributed by atoms with Crippen LogP contribution in [0.15, 0.2) is 48.8 Å². The first-order chi connectivity index (χ1) is 17.4. The summed E-state index contributed by atoms with van der Waals surface area (Å²) in [5.41, 5.74) is 1.37. The zero-order valence-corrected chi connectivity index (χ0v) is 22.4. The van der Waals surface area contributed by atoms with Crippen LogP contribution in [0.2, 0.25) is 0 Å². The van der Waals surface area contributed by atoms with Gasteiger partial charge in [-0.25, -0.2) is 0 Å². The molecule has 1 aromatic heterocycles. The second-order valence-corrected chi connectivity index (χ2v) is 11.0. The van der Waals surface area contributed by atoms with E-state index in [-0.39, 0.29) is 24.9 Å². The van der Waals surface area contributed by atoms with Crippen LogP contribution < -0.4 is 10.2 Å². The van der Waals surface area contributed by atoms with Gasteiger partial charge in [0.1, 0.15) is 12.1 Å². The highest BCUT2D eigenvalue weighted by Crippen LogP contribution is 2.33. The molecule has 1 saturated heterocycles. The maximum Gasteiger partial charge on any atom is 0.251 e. The summed E-state index contributed by atoms with van der Waals surface area (Å²) in [6.07, 6.45) is 4.46. The maximum atomic E-state index is 14.1. The lowest BCUT2D eigenvalue weighted by atomic mass is 9.87. The number of ether oxygens (including phenoxy) is 1. The van der Waals surface area contributed by atoms with Gasteiger partial charge >= 0.3 is 0 Å². The van der Waals surface area contributed by atoms with Gasteiger partial charge in [-0.1, -0.05) is 39.0 Å². The molecule has 0 radical (unpaired) electrons. The summed E-state index contributed by atoms with van der Waals surface area (Å²) in [6.45, 7) is 10.3. The topological polar surface area (TPSA) is 119 Å². The van der Waals surface area contributed by atoms with Crippen LogP contribution in [0.5, 0.6) is 0 Å². The van der Waals surface area contributed by atoms with E-state index in [9.17, 15) is 20.0 Å². The van der Waals surface area contributed by atoms with Gasteiger partial charge in [0.05, 0.1) is 18.2 Å². The van der Waals surface area contributed by atoms with Crippen LogP contribution in [-0.2, 0) is 19.7 Å². The Morgan fingerprint density at radius 3 is 2.46 bits per heavy atom. The maximum absolute atomic E-state index is 14.1. The summed E-state index contributed by atoms with van der Waals surface area (Å²) in [4.78, 5) is 34.8. The first kappa shape index (κ1) is 28.1. The average molecular weight is 508 g/mol. The van der Waals surface area contributed by atoms with E-state index in [0.29, 0.717) is 11.3 Å². The Morgan fingerprint density at radius 1 is 1.24 bits per heavy atom. The third-order valence-corrected chi connectivity index (χ3v) is 6.69. The standard InChI is InChI=1S/C28H37N5O4/c1-27(2,3)20-9-11-21(12-10-20)33(26(36)23-14-22(34)16-32(23)18-29)24(19-8-7-13-30-15-19)25(35)31-17-28(4,5)37-6/h7-13,15,22-24,34H,14,16-17H2,1-6H3,(H,31,35). The monoisotopic (exact) mass is 507 g/mol. The third kappa shape index (κ3) is 6.64. The van der Waals surface area contributed by atoms with E-state index in [0.717, 1.165) is 5.56 Å². The van der Waals surface area contributed by atoms with E-state index < -0.39 is 35.6 Å². The van der Waals surface area contributed by atoms with Gasteiger partial charge < -0.3 is 15.2 Å². The number of aliphatic hydroxyl groups excluding tert-OH is 1. The number of methoxy groups -OCH3 is 1. The number of carbonyl (C=O) groups is 2. The van der Waals surface area contributed by atoms with Crippen molar-refractivity contribution in [3.8, 4) is 6.19 Å². The number of pyridine rings is 1. The number of carbonyl (C=O) groups excluding carboxylic acids is 2. The first-order valence-corrected chi connectivity index (χ1v) is 12.4. The summed E-state index contributed by atoms with van der Waals surface area (Å²) in [5, 5.41) is 22.8. The number of β-amino-alcohol motifs (C(OH)–C–C–N with tert-alkyl or cyclic N) is 1. The Bertz CT molecular complexity index is 1120. The van der Waals surface area contributed by atoms with Crippen molar-refractivity contribution in [2.24, 2.45) is 0 Å². The van der Waals surface area contributed by atoms with Crippen LogP contribution in [0.25, 0.3) is 0 Å². The van der Waals surface area contributed by atoms with Gasteiger partial charge in [0.25, 0.3) is 5.91 Å². The molecule has 0 saturated carbocycles. The highest BCUT2D eigenvalue weighted by Gasteiger charge is 2.43. The first-order valence-electron chi connectivity index (χ1n) is 12.4. The van der Waals surface area contributed by atoms with Crippen molar-refractivity contribution >= 4 is 17.5 Å². The molecule has 0 aliphatic carbocycles. The van der Waals surface area contributed by atoms with Crippen molar-refractivity contribution < 1.29 is 19.4 Å². The molecule has 3 unspecified atom stereocenters. The normalized spacial score (nSPS) is 18.7. The SMILES string of the molecule is COC(C)(C)CNC(=O)C(c1cccnc1)N(C(=O)C1CC(O)CN1C#N)c1ccc(C(C)(C)C)cc1. The number of aromatic nitrogens is 1. The van der Waals surface area contributed by atoms with Crippen LogP contribution in [0.3, 0.4) is 0 Å². The summed E-state index contributed by atoms with van der Waals surface area (Å²) < 4.78 is 5.45. The second kappa shape index (κ2) is 11.3. The smallest absolute Gasteiger partial charge is 0.251 e. The van der Waals surface area contributed by atoms with Crippen LogP contribution in [0, 0.1) is 11.5 Å². The lowest BCUT2D eigenvalue weighted by Crippen LogP contribution is -2.51. The molecule has 2 aromatic rings. The fourth-order valence-corrected chi connectivity index (χ4v) is 4.27. The predicted octanol–water partition coefficient (Wildman–Crippen LogP) is 2.91. The van der Waals surface area contributed by atoms with E-state index in [1.165, 1.54) is 9.80 Å². The van der Waals surface area contributed by atoms with E-state index in [2.05, 4.69) is 31.1 Å². The number of nitrogens with zero attached hydrogens (tertiary/aromatic N) is 4. The van der Waals surface area contributed by atoms with Crippen LogP contribution in [-0.4, -0.2) is 64.8 Å². The van der Waals surface area contributed by atoms with Gasteiger partial charge in [-0.05, 0) is 43.0 Å². The van der Waals surface area contributed by atoms with Gasteiger partial charge in [0, 0.05) is 43.7 Å². The second-order valence-electron chi connectivity index (χ2n) is 11.0. The summed E-state index contributed by atoms with van der Waals surface area (Å²) in [6, 6.07) is 9.00. The third-order valence-electron chi connectivity index (χ3n) is 6.69. The number of anilines is 1. The van der Waals surface area contributed by atoms with Crippen molar-refractivity contribution in [3.63, 3.8) is 0 Å². The Kier molecular flexibility index (Phi) is 8.57. The number of rotatable bonds is 8. The number of likely N-dealkylation sites (tertiary alicyclic amines) is 1. The quantitative estimate of drug-likeness (QED) is 0.527. The number of benzene rings is 1.